The summed E-state index contributed by atoms with van der Waals surface area (Å²) in [6, 6.07) is 0. The number of hydrogen-bond donors (Lipinski definition) is 1. The molecule has 112 valence electrons. The van der Waals surface area contributed by atoms with Crippen LogP contribution in [-0.4, -0.2) is 17.0 Å². The molecule has 0 spiro atoms. The number of aromatic nitrogens is 2. The Morgan fingerprint density at radius 2 is 1.65 bits per heavy atom. The molecule has 1 N–H and O–H groups in total. The first-order valence-electron chi connectivity index (χ1n) is 7.88. The first-order valence-corrected chi connectivity index (χ1v) is 8.96. The molecule has 0 radical (unpaired) electrons. The number of rotatable bonds is 3. The van der Waals surface area contributed by atoms with Crippen molar-refractivity contribution in [2.24, 2.45) is 0 Å². The van der Waals surface area contributed by atoms with E-state index in [1.165, 1.54) is 54.2 Å². The van der Waals surface area contributed by atoms with Gasteiger partial charge in [-0.3, -0.25) is 0 Å². The lowest BCUT2D eigenvalue weighted by Gasteiger charge is -2.21. The highest BCUT2D eigenvalue weighted by molar-refractivity contribution is 14.1. The van der Waals surface area contributed by atoms with Crippen LogP contribution in [0.3, 0.4) is 0 Å². The van der Waals surface area contributed by atoms with E-state index in [-0.39, 0.29) is 0 Å². The molecule has 1 aliphatic carbocycles. The van der Waals surface area contributed by atoms with Gasteiger partial charge in [0.25, 0.3) is 0 Å². The predicted molar refractivity (Wildman–Crippen MR) is 93.4 cm³/mol. The molecule has 1 aliphatic rings. The van der Waals surface area contributed by atoms with Crippen molar-refractivity contribution in [1.82, 2.24) is 9.97 Å². The van der Waals surface area contributed by atoms with E-state index in [9.17, 15) is 0 Å². The lowest BCUT2D eigenvalue weighted by molar-refractivity contribution is 0.441. The summed E-state index contributed by atoms with van der Waals surface area (Å²) in [4.78, 5) is 9.72. The molecule has 2 rings (SSSR count). The fourth-order valence-electron chi connectivity index (χ4n) is 2.93. The summed E-state index contributed by atoms with van der Waals surface area (Å²) >= 11 is 2.37. The van der Waals surface area contributed by atoms with E-state index in [0.717, 1.165) is 11.6 Å². The number of hydrogen-bond acceptors (Lipinski definition) is 3. The molecule has 0 saturated heterocycles. The van der Waals surface area contributed by atoms with Crippen molar-refractivity contribution >= 4 is 28.4 Å². The Labute approximate surface area is 136 Å². The summed E-state index contributed by atoms with van der Waals surface area (Å²) < 4.78 is 1.18. The molecule has 0 aliphatic heterocycles. The van der Waals surface area contributed by atoms with Crippen LogP contribution in [0.25, 0.3) is 0 Å². The van der Waals surface area contributed by atoms with Gasteiger partial charge in [-0.05, 0) is 41.4 Å². The Balaban J connectivity index is 2.31. The average Bonchev–Trinajstić information content (AvgIpc) is 2.38. The fraction of sp³-hybridized carbons (Fsp3) is 0.750. The summed E-state index contributed by atoms with van der Waals surface area (Å²) in [6.07, 6.45) is 9.30. The van der Waals surface area contributed by atoms with Crippen molar-refractivity contribution in [2.75, 3.05) is 12.4 Å². The normalized spacial score (nSPS) is 17.9. The van der Waals surface area contributed by atoms with Gasteiger partial charge in [0, 0.05) is 13.0 Å². The number of anilines is 1. The van der Waals surface area contributed by atoms with E-state index in [0.29, 0.717) is 11.8 Å². The van der Waals surface area contributed by atoms with E-state index in [1.54, 1.807) is 0 Å². The molecular formula is C16H26IN3. The minimum Gasteiger partial charge on any atom is -0.372 e. The maximum Gasteiger partial charge on any atom is 0.143 e. The topological polar surface area (TPSA) is 37.8 Å². The van der Waals surface area contributed by atoms with Gasteiger partial charge in [-0.1, -0.05) is 46.0 Å². The SMILES string of the molecule is CNc1nc(C2CCCCCCC2)nc(C(C)C)c1I. The van der Waals surface area contributed by atoms with Gasteiger partial charge in [0.05, 0.1) is 9.26 Å². The molecule has 1 fully saturated rings. The molecule has 0 atom stereocenters. The molecule has 0 aromatic carbocycles. The first-order chi connectivity index (χ1) is 9.63. The number of nitrogens with one attached hydrogen (secondary N) is 1. The molecule has 3 nitrogen and oxygen atoms in total. The van der Waals surface area contributed by atoms with Crippen molar-refractivity contribution in [2.45, 2.75) is 70.6 Å². The van der Waals surface area contributed by atoms with Crippen LogP contribution in [-0.2, 0) is 0 Å². The van der Waals surface area contributed by atoms with Crippen LogP contribution in [0.5, 0.6) is 0 Å². The Hall–Kier alpha value is -0.390. The highest BCUT2D eigenvalue weighted by Crippen LogP contribution is 2.32. The molecule has 4 heteroatoms. The van der Waals surface area contributed by atoms with E-state index >= 15 is 0 Å². The highest BCUT2D eigenvalue weighted by Gasteiger charge is 2.21. The molecule has 0 unspecified atom stereocenters. The Morgan fingerprint density at radius 1 is 1.05 bits per heavy atom. The zero-order valence-electron chi connectivity index (χ0n) is 12.9. The van der Waals surface area contributed by atoms with Gasteiger partial charge in [-0.25, -0.2) is 9.97 Å². The van der Waals surface area contributed by atoms with Crippen molar-refractivity contribution in [3.63, 3.8) is 0 Å². The van der Waals surface area contributed by atoms with E-state index < -0.39 is 0 Å². The van der Waals surface area contributed by atoms with Gasteiger partial charge >= 0.3 is 0 Å². The minimum atomic E-state index is 0.448. The quantitative estimate of drug-likeness (QED) is 0.736. The second-order valence-corrected chi connectivity index (χ2v) is 7.16. The van der Waals surface area contributed by atoms with Crippen molar-refractivity contribution in [1.29, 1.82) is 0 Å². The molecule has 1 aromatic rings. The van der Waals surface area contributed by atoms with Crippen molar-refractivity contribution in [3.8, 4) is 0 Å². The van der Waals surface area contributed by atoms with Gasteiger partial charge in [0.2, 0.25) is 0 Å². The zero-order valence-corrected chi connectivity index (χ0v) is 15.0. The van der Waals surface area contributed by atoms with Crippen LogP contribution in [0.15, 0.2) is 0 Å². The van der Waals surface area contributed by atoms with Crippen molar-refractivity contribution in [3.05, 3.63) is 15.1 Å². The summed E-state index contributed by atoms with van der Waals surface area (Å²) in [6.45, 7) is 4.43. The summed E-state index contributed by atoms with van der Waals surface area (Å²) in [5.41, 5.74) is 1.20. The summed E-state index contributed by atoms with van der Waals surface area (Å²) in [7, 11) is 1.95. The zero-order chi connectivity index (χ0) is 14.5. The van der Waals surface area contributed by atoms with Crippen LogP contribution >= 0.6 is 22.6 Å². The second kappa shape index (κ2) is 7.57. The summed E-state index contributed by atoms with van der Waals surface area (Å²) in [5.74, 6) is 3.07. The van der Waals surface area contributed by atoms with Gasteiger partial charge in [-0.2, -0.15) is 0 Å². The standard InChI is InChI=1S/C16H26IN3/c1-11(2)14-13(17)16(18-3)20-15(19-14)12-9-7-5-4-6-8-10-12/h11-12H,4-10H2,1-3H3,(H,18,19,20). The average molecular weight is 387 g/mol. The Kier molecular flexibility index (Phi) is 6.05. The molecule has 1 aromatic heterocycles. The molecule has 1 saturated carbocycles. The Morgan fingerprint density at radius 3 is 2.20 bits per heavy atom. The van der Waals surface area contributed by atoms with Crippen LogP contribution in [0.2, 0.25) is 0 Å². The van der Waals surface area contributed by atoms with Gasteiger partial charge in [0.1, 0.15) is 11.6 Å². The molecule has 20 heavy (non-hydrogen) atoms. The smallest absolute Gasteiger partial charge is 0.143 e. The van der Waals surface area contributed by atoms with E-state index in [2.05, 4.69) is 41.8 Å². The highest BCUT2D eigenvalue weighted by atomic mass is 127. The number of halogens is 1. The summed E-state index contributed by atoms with van der Waals surface area (Å²) in [5, 5.41) is 3.24. The molecule has 0 bridgehead atoms. The lowest BCUT2D eigenvalue weighted by Crippen LogP contribution is -2.13. The third-order valence-corrected chi connectivity index (χ3v) is 5.21. The van der Waals surface area contributed by atoms with Crippen LogP contribution < -0.4 is 5.32 Å². The van der Waals surface area contributed by atoms with Crippen LogP contribution in [0.4, 0.5) is 5.82 Å². The molecular weight excluding hydrogens is 361 g/mol. The maximum atomic E-state index is 4.92. The van der Waals surface area contributed by atoms with Gasteiger partial charge in [-0.15, -0.1) is 0 Å². The van der Waals surface area contributed by atoms with Crippen molar-refractivity contribution < 1.29 is 0 Å². The monoisotopic (exact) mass is 387 g/mol. The lowest BCUT2D eigenvalue weighted by atomic mass is 9.90. The van der Waals surface area contributed by atoms with Gasteiger partial charge in [0.15, 0.2) is 0 Å². The minimum absolute atomic E-state index is 0.448. The van der Waals surface area contributed by atoms with E-state index in [1.807, 2.05) is 7.05 Å². The maximum absolute atomic E-state index is 4.92. The third-order valence-electron chi connectivity index (χ3n) is 4.15. The van der Waals surface area contributed by atoms with Crippen LogP contribution in [0, 0.1) is 3.57 Å². The van der Waals surface area contributed by atoms with Crippen LogP contribution in [0.1, 0.15) is 82.1 Å². The predicted octanol–water partition coefficient (Wildman–Crippen LogP) is 5.07. The second-order valence-electron chi connectivity index (χ2n) is 6.08. The van der Waals surface area contributed by atoms with Gasteiger partial charge < -0.3 is 5.32 Å². The third kappa shape index (κ3) is 3.83. The van der Waals surface area contributed by atoms with E-state index in [4.69, 9.17) is 9.97 Å². The molecule has 1 heterocycles. The molecule has 0 amide bonds. The Bertz CT molecular complexity index is 438. The number of nitrogens with zero attached hydrogens (tertiary/aromatic N) is 2. The largest absolute Gasteiger partial charge is 0.372 e. The fourth-order valence-corrected chi connectivity index (χ4v) is 4.06. The first kappa shape index (κ1) is 16.0.